The summed E-state index contributed by atoms with van der Waals surface area (Å²) in [6.45, 7) is 4.91. The Kier molecular flexibility index (Phi) is 2.87. The lowest BCUT2D eigenvalue weighted by atomic mass is 10.4. The van der Waals surface area contributed by atoms with E-state index >= 15 is 0 Å². The maximum atomic E-state index is 12.8. The van der Waals surface area contributed by atoms with E-state index in [-0.39, 0.29) is 11.1 Å². The third-order valence-corrected chi connectivity index (χ3v) is 3.11. The first-order chi connectivity index (χ1) is 6.25. The third-order valence-electron chi connectivity index (χ3n) is 1.69. The summed E-state index contributed by atoms with van der Waals surface area (Å²) in [5, 5.41) is 3.13. The molecule has 0 aromatic carbocycles. The van der Waals surface area contributed by atoms with Crippen molar-refractivity contribution in [2.24, 2.45) is 0 Å². The second kappa shape index (κ2) is 3.51. The second-order valence-corrected chi connectivity index (χ2v) is 4.82. The highest BCUT2D eigenvalue weighted by molar-refractivity contribution is 7.86. The van der Waals surface area contributed by atoms with E-state index in [1.54, 1.807) is 13.8 Å². The fourth-order valence-corrected chi connectivity index (χ4v) is 2.31. The molecule has 0 aliphatic heterocycles. The molecule has 1 aromatic rings. The molecule has 1 aromatic heterocycles. The van der Waals surface area contributed by atoms with Crippen LogP contribution in [0.3, 0.4) is 0 Å². The van der Waals surface area contributed by atoms with Gasteiger partial charge in [0.25, 0.3) is 0 Å². The molecule has 0 bridgehead atoms. The molecule has 0 radical (unpaired) electrons. The van der Waals surface area contributed by atoms with Crippen molar-refractivity contribution in [3.05, 3.63) is 10.7 Å². The van der Waals surface area contributed by atoms with Gasteiger partial charge in [-0.3, -0.25) is 0 Å². The number of aryl methyl sites for hydroxylation is 1. The highest BCUT2D eigenvalue weighted by atomic mass is 35.5. The van der Waals surface area contributed by atoms with Gasteiger partial charge < -0.3 is 0 Å². The van der Waals surface area contributed by atoms with Gasteiger partial charge in [0.2, 0.25) is 5.03 Å². The van der Waals surface area contributed by atoms with Gasteiger partial charge in [0, 0.05) is 6.04 Å². The summed E-state index contributed by atoms with van der Waals surface area (Å²) >= 11 is 5.64. The van der Waals surface area contributed by atoms with Gasteiger partial charge in [-0.05, 0) is 20.8 Å². The van der Waals surface area contributed by atoms with E-state index < -0.39 is 15.2 Å². The molecule has 0 saturated heterocycles. The predicted octanol–water partition coefficient (Wildman–Crippen LogP) is 2.08. The fourth-order valence-electron chi connectivity index (χ4n) is 1.07. The van der Waals surface area contributed by atoms with Crippen LogP contribution in [0.25, 0.3) is 0 Å². The Hall–Kier alpha value is -0.620. The summed E-state index contributed by atoms with van der Waals surface area (Å²) in [5.41, 5.74) is 0.302. The van der Waals surface area contributed by atoms with E-state index in [1.165, 1.54) is 6.92 Å². The number of rotatable bonds is 2. The van der Waals surface area contributed by atoms with Gasteiger partial charge in [-0.2, -0.15) is 13.5 Å². The maximum Gasteiger partial charge on any atom is 0.350 e. The maximum absolute atomic E-state index is 12.8. The van der Waals surface area contributed by atoms with E-state index in [2.05, 4.69) is 5.10 Å². The molecule has 0 saturated carbocycles. The molecule has 1 rings (SSSR count). The standard InChI is InChI=1S/C7H10ClFN2O2S/c1-4(2)11-7(14(9,12)13)6(8)5(3)10-11/h4H,1-3H3. The highest BCUT2D eigenvalue weighted by Crippen LogP contribution is 2.28. The normalized spacial score (nSPS) is 12.4. The summed E-state index contributed by atoms with van der Waals surface area (Å²) in [7, 11) is -4.82. The second-order valence-electron chi connectivity index (χ2n) is 3.18. The topological polar surface area (TPSA) is 52.0 Å². The fraction of sp³-hybridized carbons (Fsp3) is 0.571. The van der Waals surface area contributed by atoms with Crippen molar-refractivity contribution in [1.29, 1.82) is 0 Å². The van der Waals surface area contributed by atoms with Crippen LogP contribution in [0.2, 0.25) is 5.02 Å². The van der Waals surface area contributed by atoms with Crippen molar-refractivity contribution >= 4 is 21.8 Å². The largest absolute Gasteiger partial charge is 0.350 e. The quantitative estimate of drug-likeness (QED) is 0.744. The first-order valence-corrected chi connectivity index (χ1v) is 5.70. The van der Waals surface area contributed by atoms with Crippen LogP contribution in [-0.2, 0) is 10.2 Å². The van der Waals surface area contributed by atoms with Crippen molar-refractivity contribution in [3.8, 4) is 0 Å². The van der Waals surface area contributed by atoms with Crippen LogP contribution in [0.1, 0.15) is 25.6 Å². The van der Waals surface area contributed by atoms with Crippen LogP contribution in [0.15, 0.2) is 5.03 Å². The summed E-state index contributed by atoms with van der Waals surface area (Å²) in [6.07, 6.45) is 0. The minimum Gasteiger partial charge on any atom is -0.248 e. The van der Waals surface area contributed by atoms with Crippen LogP contribution in [0.4, 0.5) is 3.89 Å². The SMILES string of the molecule is Cc1nn(C(C)C)c(S(=O)(=O)F)c1Cl. The smallest absolute Gasteiger partial charge is 0.248 e. The van der Waals surface area contributed by atoms with Crippen molar-refractivity contribution in [2.45, 2.75) is 31.8 Å². The first-order valence-electron chi connectivity index (χ1n) is 3.94. The van der Waals surface area contributed by atoms with E-state index in [4.69, 9.17) is 11.6 Å². The molecule has 0 spiro atoms. The zero-order chi connectivity index (χ0) is 11.1. The monoisotopic (exact) mass is 240 g/mol. The first kappa shape index (κ1) is 11.5. The van der Waals surface area contributed by atoms with Crippen molar-refractivity contribution in [3.63, 3.8) is 0 Å². The molecule has 0 unspecified atom stereocenters. The Bertz CT molecular complexity index is 453. The lowest BCUT2D eigenvalue weighted by Crippen LogP contribution is -2.10. The molecule has 4 nitrogen and oxygen atoms in total. The van der Waals surface area contributed by atoms with E-state index in [0.717, 1.165) is 4.68 Å². The minimum absolute atomic E-state index is 0.152. The average molecular weight is 241 g/mol. The molecule has 80 valence electrons. The Morgan fingerprint density at radius 2 is 2.00 bits per heavy atom. The molecular weight excluding hydrogens is 231 g/mol. The number of nitrogens with zero attached hydrogens (tertiary/aromatic N) is 2. The molecule has 0 aliphatic rings. The van der Waals surface area contributed by atoms with Crippen molar-refractivity contribution in [2.75, 3.05) is 0 Å². The summed E-state index contributed by atoms with van der Waals surface area (Å²) < 4.78 is 35.5. The molecule has 0 amide bonds. The molecule has 0 fully saturated rings. The van der Waals surface area contributed by atoms with Gasteiger partial charge in [-0.1, -0.05) is 15.5 Å². The summed E-state index contributed by atoms with van der Waals surface area (Å²) in [6, 6.07) is -0.262. The van der Waals surface area contributed by atoms with Crippen LogP contribution < -0.4 is 0 Å². The minimum atomic E-state index is -4.82. The zero-order valence-corrected chi connectivity index (χ0v) is 9.52. The van der Waals surface area contributed by atoms with Crippen LogP contribution in [0.5, 0.6) is 0 Å². The van der Waals surface area contributed by atoms with Crippen LogP contribution in [0, 0.1) is 6.92 Å². The number of aromatic nitrogens is 2. The van der Waals surface area contributed by atoms with Gasteiger partial charge in [0.15, 0.2) is 0 Å². The van der Waals surface area contributed by atoms with Crippen LogP contribution >= 0.6 is 11.6 Å². The van der Waals surface area contributed by atoms with E-state index in [1.807, 2.05) is 0 Å². The highest BCUT2D eigenvalue weighted by Gasteiger charge is 2.26. The third kappa shape index (κ3) is 1.90. The van der Waals surface area contributed by atoms with Gasteiger partial charge in [0.05, 0.1) is 5.69 Å². The molecule has 0 N–H and O–H groups in total. The average Bonchev–Trinajstić information content (AvgIpc) is 2.27. The van der Waals surface area contributed by atoms with Gasteiger partial charge in [-0.25, -0.2) is 4.68 Å². The molecule has 14 heavy (non-hydrogen) atoms. The Morgan fingerprint density at radius 1 is 1.50 bits per heavy atom. The van der Waals surface area contributed by atoms with E-state index in [0.29, 0.717) is 5.69 Å². The van der Waals surface area contributed by atoms with Crippen LogP contribution in [-0.4, -0.2) is 18.2 Å². The number of hydrogen-bond donors (Lipinski definition) is 0. The van der Waals surface area contributed by atoms with Crippen molar-refractivity contribution < 1.29 is 12.3 Å². The van der Waals surface area contributed by atoms with Gasteiger partial charge >= 0.3 is 10.2 Å². The number of hydrogen-bond acceptors (Lipinski definition) is 3. The van der Waals surface area contributed by atoms with Crippen molar-refractivity contribution in [1.82, 2.24) is 9.78 Å². The summed E-state index contributed by atoms with van der Waals surface area (Å²) in [4.78, 5) is 0. The Morgan fingerprint density at radius 3 is 2.29 bits per heavy atom. The van der Waals surface area contributed by atoms with E-state index in [9.17, 15) is 12.3 Å². The molecule has 7 heteroatoms. The molecule has 0 atom stereocenters. The predicted molar refractivity (Wildman–Crippen MR) is 50.7 cm³/mol. The zero-order valence-electron chi connectivity index (χ0n) is 7.95. The summed E-state index contributed by atoms with van der Waals surface area (Å²) in [5.74, 6) is 0. The van der Waals surface area contributed by atoms with Gasteiger partial charge in [0.1, 0.15) is 5.02 Å². The Labute approximate surface area is 86.9 Å². The lowest BCUT2D eigenvalue weighted by molar-refractivity contribution is 0.465. The van der Waals surface area contributed by atoms with Gasteiger partial charge in [-0.15, -0.1) is 0 Å². The lowest BCUT2D eigenvalue weighted by Gasteiger charge is -2.07. The molecular formula is C7H10ClFN2O2S. The Balaban J connectivity index is 3.55. The molecule has 1 heterocycles. The number of halogens is 2. The molecule has 0 aliphatic carbocycles.